The maximum atomic E-state index is 14.1. The summed E-state index contributed by atoms with van der Waals surface area (Å²) in [5.41, 5.74) is 4.51. The van der Waals surface area contributed by atoms with Gasteiger partial charge < -0.3 is 19.4 Å². The molecule has 9 nitrogen and oxygen atoms in total. The number of hydrogen-bond acceptors (Lipinski definition) is 6. The number of aromatic amines is 1. The van der Waals surface area contributed by atoms with E-state index in [0.29, 0.717) is 17.1 Å². The van der Waals surface area contributed by atoms with Crippen molar-refractivity contribution in [3.8, 4) is 11.5 Å². The van der Waals surface area contributed by atoms with E-state index in [9.17, 15) is 18.0 Å². The van der Waals surface area contributed by atoms with E-state index in [1.807, 2.05) is 103 Å². The van der Waals surface area contributed by atoms with Gasteiger partial charge in [0.2, 0.25) is 10.0 Å². The summed E-state index contributed by atoms with van der Waals surface area (Å²) in [4.78, 5) is 32.8. The number of para-hydroxylation sites is 1. The number of anilines is 1. The molecule has 0 bridgehead atoms. The molecule has 1 amide bonds. The van der Waals surface area contributed by atoms with E-state index < -0.39 is 10.0 Å². The number of nitrogens with zero attached hydrogens (tertiary/aromatic N) is 2. The molecule has 10 heteroatoms. The molecule has 1 N–H and O–H groups in total. The first-order chi connectivity index (χ1) is 26.2. The predicted octanol–water partition coefficient (Wildman–Crippen LogP) is 8.27. The van der Waals surface area contributed by atoms with Crippen molar-refractivity contribution in [2.24, 2.45) is 0 Å². The maximum Gasteiger partial charge on any atom is 0.254 e. The highest BCUT2D eigenvalue weighted by atomic mass is 32.2. The normalized spacial score (nSPS) is 11.4. The quantitative estimate of drug-likeness (QED) is 0.106. The van der Waals surface area contributed by atoms with Gasteiger partial charge in [-0.1, -0.05) is 97.1 Å². The highest BCUT2D eigenvalue weighted by Crippen LogP contribution is 2.34. The number of amides is 1. The van der Waals surface area contributed by atoms with Gasteiger partial charge in [0, 0.05) is 33.5 Å². The van der Waals surface area contributed by atoms with Gasteiger partial charge in [-0.05, 0) is 59.7 Å². The number of sulfonamides is 1. The third-order valence-corrected chi connectivity index (χ3v) is 10.2. The summed E-state index contributed by atoms with van der Waals surface area (Å²) in [6.45, 7) is 0.210. The van der Waals surface area contributed by atoms with Gasteiger partial charge >= 0.3 is 0 Å². The third-order valence-electron chi connectivity index (χ3n) is 9.11. The van der Waals surface area contributed by atoms with Crippen LogP contribution in [0.5, 0.6) is 11.5 Å². The van der Waals surface area contributed by atoms with E-state index in [1.54, 1.807) is 36.4 Å². The summed E-state index contributed by atoms with van der Waals surface area (Å²) in [5.74, 6) is 0.225. The minimum Gasteiger partial charge on any atom is -0.492 e. The molecule has 0 atom stereocenters. The molecule has 0 fully saturated rings. The number of hydrogen-bond donors (Lipinski definition) is 1. The Bertz CT molecular complexity index is 2500. The van der Waals surface area contributed by atoms with Crippen LogP contribution in [0.25, 0.3) is 21.8 Å². The third kappa shape index (κ3) is 8.46. The minimum atomic E-state index is -3.84. The van der Waals surface area contributed by atoms with Crippen molar-refractivity contribution in [2.45, 2.75) is 13.2 Å². The number of Topliss-reactive ketones (excluding diaryl/α,β-unsaturated/α-hetero) is 1. The smallest absolute Gasteiger partial charge is 0.254 e. The molecule has 7 rings (SSSR count). The fourth-order valence-electron chi connectivity index (χ4n) is 6.35. The van der Waals surface area contributed by atoms with Crippen molar-refractivity contribution in [2.75, 3.05) is 30.3 Å². The number of carbonyl (C=O) groups excluding carboxylic acids is 2. The summed E-state index contributed by atoms with van der Waals surface area (Å²) in [5, 5.41) is 2.20. The average molecular weight is 738 g/mol. The lowest BCUT2D eigenvalue weighted by Gasteiger charge is -2.26. The highest BCUT2D eigenvalue weighted by Gasteiger charge is 2.25. The SMILES string of the molecule is CS(=O)(=O)N(Cc1ccccc1)c1cc(C(=O)CN(CCOc2ccc3c(c2)[nH]c2ccccc23)C(=O)c2ccccc2)ccc1OCc1ccccc1. The van der Waals surface area contributed by atoms with Crippen LogP contribution in [0.3, 0.4) is 0 Å². The van der Waals surface area contributed by atoms with Crippen molar-refractivity contribution in [1.29, 1.82) is 0 Å². The maximum absolute atomic E-state index is 14.1. The Balaban J connectivity index is 1.15. The van der Waals surface area contributed by atoms with Gasteiger partial charge in [-0.15, -0.1) is 0 Å². The number of H-pyrrole nitrogens is 1. The zero-order valence-electron chi connectivity index (χ0n) is 29.7. The van der Waals surface area contributed by atoms with Gasteiger partial charge in [-0.2, -0.15) is 0 Å². The Hall–Kier alpha value is -6.39. The number of ether oxygens (including phenoxy) is 2. The first-order valence-electron chi connectivity index (χ1n) is 17.6. The van der Waals surface area contributed by atoms with Crippen molar-refractivity contribution < 1.29 is 27.5 Å². The van der Waals surface area contributed by atoms with E-state index in [0.717, 1.165) is 39.2 Å². The lowest BCUT2D eigenvalue weighted by molar-refractivity contribution is 0.0686. The summed E-state index contributed by atoms with van der Waals surface area (Å²) in [7, 11) is -3.84. The first kappa shape index (κ1) is 36.0. The van der Waals surface area contributed by atoms with Crippen LogP contribution in [0.1, 0.15) is 31.8 Å². The van der Waals surface area contributed by atoms with Crippen LogP contribution in [-0.2, 0) is 23.2 Å². The summed E-state index contributed by atoms with van der Waals surface area (Å²) >= 11 is 0. The van der Waals surface area contributed by atoms with Gasteiger partial charge in [0.1, 0.15) is 24.7 Å². The van der Waals surface area contributed by atoms with Gasteiger partial charge in [0.05, 0.1) is 37.1 Å². The van der Waals surface area contributed by atoms with E-state index in [4.69, 9.17) is 9.47 Å². The molecule has 0 unspecified atom stereocenters. The molecule has 272 valence electrons. The van der Waals surface area contributed by atoms with Crippen molar-refractivity contribution in [3.63, 3.8) is 0 Å². The van der Waals surface area contributed by atoms with Gasteiger partial charge in [0.15, 0.2) is 5.78 Å². The van der Waals surface area contributed by atoms with E-state index >= 15 is 0 Å². The molecule has 6 aromatic carbocycles. The van der Waals surface area contributed by atoms with Crippen molar-refractivity contribution in [3.05, 3.63) is 174 Å². The van der Waals surface area contributed by atoms with Crippen LogP contribution in [0.15, 0.2) is 152 Å². The second-order valence-electron chi connectivity index (χ2n) is 13.0. The topological polar surface area (TPSA) is 109 Å². The van der Waals surface area contributed by atoms with Gasteiger partial charge in [-0.25, -0.2) is 8.42 Å². The molecule has 0 saturated heterocycles. The molecule has 0 radical (unpaired) electrons. The number of fused-ring (bicyclic) bond motifs is 3. The molecule has 1 aromatic heterocycles. The lowest BCUT2D eigenvalue weighted by atomic mass is 10.1. The van der Waals surface area contributed by atoms with Gasteiger partial charge in [-0.3, -0.25) is 13.9 Å². The second kappa shape index (κ2) is 16.1. The monoisotopic (exact) mass is 737 g/mol. The Morgan fingerprint density at radius 1 is 0.648 bits per heavy atom. The largest absolute Gasteiger partial charge is 0.492 e. The lowest BCUT2D eigenvalue weighted by Crippen LogP contribution is -2.38. The molecule has 7 aromatic rings. The first-order valence-corrected chi connectivity index (χ1v) is 19.4. The Labute approximate surface area is 314 Å². The molecule has 0 aliphatic rings. The number of benzene rings is 6. The van der Waals surface area contributed by atoms with E-state index in [-0.39, 0.29) is 55.8 Å². The second-order valence-corrected chi connectivity index (χ2v) is 14.9. The zero-order chi connectivity index (χ0) is 37.5. The van der Waals surface area contributed by atoms with Crippen LogP contribution >= 0.6 is 0 Å². The Morgan fingerprint density at radius 3 is 2.02 bits per heavy atom. The summed E-state index contributed by atoms with van der Waals surface area (Å²) in [6.07, 6.45) is 1.13. The summed E-state index contributed by atoms with van der Waals surface area (Å²) in [6, 6.07) is 46.2. The number of aromatic nitrogens is 1. The molecule has 1 heterocycles. The molecule has 0 saturated carbocycles. The molecule has 0 aliphatic carbocycles. The molecule has 0 aliphatic heterocycles. The molecule has 0 spiro atoms. The van der Waals surface area contributed by atoms with Crippen LogP contribution in [0, 0.1) is 0 Å². The van der Waals surface area contributed by atoms with E-state index in [1.165, 1.54) is 15.3 Å². The number of nitrogens with one attached hydrogen (secondary N) is 1. The number of ketones is 1. The average Bonchev–Trinajstić information content (AvgIpc) is 3.57. The van der Waals surface area contributed by atoms with Crippen molar-refractivity contribution in [1.82, 2.24) is 9.88 Å². The number of carbonyl (C=O) groups is 2. The highest BCUT2D eigenvalue weighted by molar-refractivity contribution is 7.92. The zero-order valence-corrected chi connectivity index (χ0v) is 30.5. The molecular weight excluding hydrogens is 699 g/mol. The van der Waals surface area contributed by atoms with Crippen LogP contribution in [0.2, 0.25) is 0 Å². The molecular formula is C44H39N3O6S. The predicted molar refractivity (Wildman–Crippen MR) is 213 cm³/mol. The van der Waals surface area contributed by atoms with Crippen molar-refractivity contribution >= 4 is 49.2 Å². The van der Waals surface area contributed by atoms with Crippen LogP contribution in [0.4, 0.5) is 5.69 Å². The van der Waals surface area contributed by atoms with Crippen LogP contribution in [-0.4, -0.2) is 55.9 Å². The fraction of sp³-hybridized carbons (Fsp3) is 0.136. The van der Waals surface area contributed by atoms with Crippen LogP contribution < -0.4 is 13.8 Å². The van der Waals surface area contributed by atoms with Gasteiger partial charge in [0.25, 0.3) is 5.91 Å². The summed E-state index contributed by atoms with van der Waals surface area (Å²) < 4.78 is 40.2. The fourth-order valence-corrected chi connectivity index (χ4v) is 7.23. The Morgan fingerprint density at radius 2 is 1.30 bits per heavy atom. The minimum absolute atomic E-state index is 0.0271. The Kier molecular flexibility index (Phi) is 10.7. The molecule has 54 heavy (non-hydrogen) atoms. The number of rotatable bonds is 15. The van der Waals surface area contributed by atoms with E-state index in [2.05, 4.69) is 11.1 Å². The standard InChI is InChI=1S/C44H39N3O6S/c1-54(50,51)47(29-32-13-5-2-6-14-32)41-27-35(21-24-43(41)53-31-33-15-7-3-8-16-33)42(48)30-46(44(49)34-17-9-4-10-18-34)25-26-52-36-22-23-38-37-19-11-12-20-39(37)45-40(38)28-36/h2-24,27-28,45H,25-26,29-31H2,1H3.